The van der Waals surface area contributed by atoms with Gasteiger partial charge in [0.2, 0.25) is 0 Å². The average Bonchev–Trinajstić information content (AvgIpc) is 2.49. The minimum absolute atomic E-state index is 0.488. The molecule has 0 aliphatic heterocycles. The second kappa shape index (κ2) is 8.06. The molecule has 0 aliphatic rings. The Morgan fingerprint density at radius 3 is 1.22 bits per heavy atom. The first kappa shape index (κ1) is 24.5. The van der Waals surface area contributed by atoms with E-state index in [1.54, 1.807) is 21.3 Å². The molecule has 0 heterocycles. The van der Waals surface area contributed by atoms with Crippen molar-refractivity contribution in [2.24, 2.45) is 0 Å². The Kier molecular flexibility index (Phi) is 7.31. The minimum atomic E-state index is -2.10. The zero-order chi connectivity index (χ0) is 21.4. The summed E-state index contributed by atoms with van der Waals surface area (Å²) in [5.74, 6) is 2.02. The predicted octanol–water partition coefficient (Wildman–Crippen LogP) is 4.98. The lowest BCUT2D eigenvalue weighted by Gasteiger charge is -2.59. The van der Waals surface area contributed by atoms with Crippen LogP contribution in [0.15, 0.2) is 12.1 Å². The summed E-state index contributed by atoms with van der Waals surface area (Å²) in [6.07, 6.45) is 0. The van der Waals surface area contributed by atoms with Gasteiger partial charge in [-0.25, -0.2) is 0 Å². The van der Waals surface area contributed by atoms with Crippen LogP contribution in [0.4, 0.5) is 0 Å². The van der Waals surface area contributed by atoms with Crippen molar-refractivity contribution in [1.82, 2.24) is 0 Å². The van der Waals surface area contributed by atoms with Crippen molar-refractivity contribution in [1.29, 1.82) is 0 Å². The molecule has 1 aromatic rings. The smallest absolute Gasteiger partial charge is 0.131 e. The van der Waals surface area contributed by atoms with Crippen molar-refractivity contribution in [3.8, 4) is 17.2 Å². The summed E-state index contributed by atoms with van der Waals surface area (Å²) < 4.78 is 16.9. The third-order valence-corrected chi connectivity index (χ3v) is 78.4. The van der Waals surface area contributed by atoms with Gasteiger partial charge in [-0.2, -0.15) is 0 Å². The molecule has 1 N–H and O–H groups in total. The highest BCUT2D eigenvalue weighted by Gasteiger charge is 2.66. The van der Waals surface area contributed by atoms with E-state index in [1.165, 1.54) is 0 Å². The summed E-state index contributed by atoms with van der Waals surface area (Å²) >= 11 is 0. The van der Waals surface area contributed by atoms with Gasteiger partial charge in [0.15, 0.2) is 0 Å². The first-order valence-electron chi connectivity index (χ1n) is 9.58. The maximum Gasteiger partial charge on any atom is 0.131 e. The molecule has 156 valence electrons. The lowest BCUT2D eigenvalue weighted by atomic mass is 10.1. The molecule has 0 amide bonds. The maximum absolute atomic E-state index is 12.2. The van der Waals surface area contributed by atoms with E-state index in [0.29, 0.717) is 17.2 Å². The lowest BCUT2D eigenvalue weighted by molar-refractivity contribution is 0.241. The Morgan fingerprint density at radius 2 is 1.00 bits per heavy atom. The normalized spacial score (nSPS) is 14.7. The third kappa shape index (κ3) is 4.10. The molecule has 0 radical (unpaired) electrons. The van der Waals surface area contributed by atoms with Gasteiger partial charge in [0.25, 0.3) is 0 Å². The van der Waals surface area contributed by atoms with Crippen LogP contribution in [-0.4, -0.2) is 55.8 Å². The molecule has 0 saturated heterocycles. The molecular formula is C19H40O4Si4. The maximum atomic E-state index is 12.2. The second-order valence-corrected chi connectivity index (χ2v) is 51.2. The molecule has 1 atom stereocenters. The van der Waals surface area contributed by atoms with Crippen molar-refractivity contribution in [2.75, 3.05) is 21.3 Å². The van der Waals surface area contributed by atoms with Crippen molar-refractivity contribution >= 4 is 29.4 Å². The van der Waals surface area contributed by atoms with Gasteiger partial charge in [-0.1, -0.05) is 58.9 Å². The summed E-state index contributed by atoms with van der Waals surface area (Å²) in [5.41, 5.74) is 0.345. The molecule has 4 nitrogen and oxygen atoms in total. The van der Waals surface area contributed by atoms with Crippen molar-refractivity contribution in [3.63, 3.8) is 0 Å². The van der Waals surface area contributed by atoms with E-state index in [0.717, 1.165) is 5.56 Å². The number of rotatable bonds is 8. The van der Waals surface area contributed by atoms with Gasteiger partial charge in [0, 0.05) is 34.9 Å². The highest BCUT2D eigenvalue weighted by atomic mass is 29.9. The number of ether oxygens (including phenoxy) is 3. The van der Waals surface area contributed by atoms with Gasteiger partial charge in [-0.3, -0.25) is 0 Å². The van der Waals surface area contributed by atoms with E-state index >= 15 is 0 Å². The van der Waals surface area contributed by atoms with E-state index in [2.05, 4.69) is 58.9 Å². The van der Waals surface area contributed by atoms with Crippen LogP contribution in [0.5, 0.6) is 17.2 Å². The standard InChI is InChI=1S/C19H40O4Si4/c1-21-15-13-16(22-2)18(17(14-15)23-3)19(20)27(24(4,5)6,25(7,8)9)26(10,11)12/h13-14,19-20H,1-12H3. The first-order valence-corrected chi connectivity index (χ1v) is 25.2. The third-order valence-electron chi connectivity index (χ3n) is 5.99. The van der Waals surface area contributed by atoms with Crippen molar-refractivity contribution < 1.29 is 19.3 Å². The fourth-order valence-corrected chi connectivity index (χ4v) is 106. The molecule has 0 aromatic heterocycles. The topological polar surface area (TPSA) is 47.9 Å². The Hall–Kier alpha value is -0.552. The number of hydrogen-bond acceptors (Lipinski definition) is 4. The minimum Gasteiger partial charge on any atom is -0.496 e. The monoisotopic (exact) mass is 444 g/mol. The number of hydrogen-bond donors (Lipinski definition) is 1. The highest BCUT2D eigenvalue weighted by molar-refractivity contribution is 7.89. The largest absolute Gasteiger partial charge is 0.496 e. The van der Waals surface area contributed by atoms with Gasteiger partial charge < -0.3 is 19.3 Å². The first-order chi connectivity index (χ1) is 12.1. The van der Waals surface area contributed by atoms with Crippen LogP contribution in [0.3, 0.4) is 0 Å². The Bertz CT molecular complexity index is 596. The second-order valence-electron chi connectivity index (χ2n) is 10.4. The molecule has 0 bridgehead atoms. The number of benzene rings is 1. The molecule has 0 spiro atoms. The van der Waals surface area contributed by atoms with Crippen LogP contribution in [0.2, 0.25) is 58.9 Å². The molecule has 0 fully saturated rings. The summed E-state index contributed by atoms with van der Waals surface area (Å²) in [7, 11) is -0.0803. The molecule has 27 heavy (non-hydrogen) atoms. The number of aliphatic hydroxyl groups excluding tert-OH is 1. The molecular weight excluding hydrogens is 405 g/mol. The van der Waals surface area contributed by atoms with Gasteiger partial charge in [0.1, 0.15) is 17.2 Å². The summed E-state index contributed by atoms with van der Waals surface area (Å²) in [6.45, 7) is 20.2. The van der Waals surface area contributed by atoms with Gasteiger partial charge in [-0.05, 0) is 0 Å². The van der Waals surface area contributed by atoms with Gasteiger partial charge in [0.05, 0.1) is 39.2 Å². The van der Waals surface area contributed by atoms with Crippen molar-refractivity contribution in [3.05, 3.63) is 17.7 Å². The van der Waals surface area contributed by atoms with Crippen LogP contribution < -0.4 is 14.2 Å². The number of aliphatic hydroxyl groups is 1. The molecule has 1 unspecified atom stereocenters. The SMILES string of the molecule is COc1cc(OC)c(C(O)[Si]([Si](C)(C)C)([Si](C)(C)C)[Si](C)(C)C)c(OC)c1. The summed E-state index contributed by atoms with van der Waals surface area (Å²) in [5, 5.41) is 12.2. The molecule has 8 heteroatoms. The van der Waals surface area contributed by atoms with Crippen LogP contribution in [0, 0.1) is 0 Å². The molecule has 1 rings (SSSR count). The van der Waals surface area contributed by atoms with E-state index < -0.39 is 35.1 Å². The quantitative estimate of drug-likeness (QED) is 0.574. The van der Waals surface area contributed by atoms with Crippen LogP contribution in [-0.2, 0) is 0 Å². The van der Waals surface area contributed by atoms with Gasteiger partial charge in [-0.15, -0.1) is 0 Å². The van der Waals surface area contributed by atoms with Crippen molar-refractivity contribution in [2.45, 2.75) is 64.7 Å². The van der Waals surface area contributed by atoms with Crippen LogP contribution in [0.25, 0.3) is 0 Å². The Labute approximate surface area is 169 Å². The zero-order valence-electron chi connectivity index (χ0n) is 19.4. The predicted molar refractivity (Wildman–Crippen MR) is 127 cm³/mol. The van der Waals surface area contributed by atoms with Crippen LogP contribution >= 0.6 is 0 Å². The van der Waals surface area contributed by atoms with E-state index in [1.807, 2.05) is 12.1 Å². The fraction of sp³-hybridized carbons (Fsp3) is 0.684. The lowest BCUT2D eigenvalue weighted by Crippen LogP contribution is -2.85. The molecule has 0 aliphatic carbocycles. The number of methoxy groups -OCH3 is 3. The fourth-order valence-electron chi connectivity index (χ4n) is 6.12. The Balaban J connectivity index is 3.99. The van der Waals surface area contributed by atoms with E-state index in [-0.39, 0.29) is 0 Å². The van der Waals surface area contributed by atoms with E-state index in [9.17, 15) is 5.11 Å². The average molecular weight is 445 g/mol. The Morgan fingerprint density at radius 1 is 0.667 bits per heavy atom. The van der Waals surface area contributed by atoms with Crippen LogP contribution in [0.1, 0.15) is 11.3 Å². The highest BCUT2D eigenvalue weighted by Crippen LogP contribution is 2.50. The summed E-state index contributed by atoms with van der Waals surface area (Å²) in [4.78, 5) is 0. The molecule has 1 aromatic carbocycles. The van der Waals surface area contributed by atoms with E-state index in [4.69, 9.17) is 14.2 Å². The summed E-state index contributed by atoms with van der Waals surface area (Å²) in [6, 6.07) is 3.75. The zero-order valence-corrected chi connectivity index (χ0v) is 23.4. The molecule has 0 saturated carbocycles. The van der Waals surface area contributed by atoms with Gasteiger partial charge >= 0.3 is 0 Å².